The van der Waals surface area contributed by atoms with Gasteiger partial charge in [-0.3, -0.25) is 14.6 Å². The molecule has 0 aromatic carbocycles. The van der Waals surface area contributed by atoms with E-state index in [9.17, 15) is 14.0 Å². The first-order valence-electron chi connectivity index (χ1n) is 7.01. The molecule has 2 amide bonds. The van der Waals surface area contributed by atoms with Gasteiger partial charge < -0.3 is 22.1 Å². The van der Waals surface area contributed by atoms with Gasteiger partial charge in [0, 0.05) is 6.07 Å². The summed E-state index contributed by atoms with van der Waals surface area (Å²) in [7, 11) is 0. The first-order valence-corrected chi connectivity index (χ1v) is 7.01. The lowest BCUT2D eigenvalue weighted by molar-refractivity contribution is -0.118. The van der Waals surface area contributed by atoms with E-state index in [-0.39, 0.29) is 23.0 Å². The number of amides is 2. The molecule has 2 aromatic rings. The summed E-state index contributed by atoms with van der Waals surface area (Å²) in [6, 6.07) is 0.514. The van der Waals surface area contributed by atoms with Gasteiger partial charge in [0.2, 0.25) is 5.91 Å². The summed E-state index contributed by atoms with van der Waals surface area (Å²) in [4.78, 5) is 34.5. The fourth-order valence-electron chi connectivity index (χ4n) is 1.90. The van der Waals surface area contributed by atoms with Crippen molar-refractivity contribution in [3.63, 3.8) is 0 Å². The number of nitrogens with two attached hydrogens (primary N) is 2. The van der Waals surface area contributed by atoms with Gasteiger partial charge in [0.05, 0.1) is 24.3 Å². The largest absolute Gasteiger partial charge is 0.368 e. The van der Waals surface area contributed by atoms with Crippen LogP contribution in [0.5, 0.6) is 0 Å². The predicted molar refractivity (Wildman–Crippen MR) is 84.9 cm³/mol. The van der Waals surface area contributed by atoms with Crippen LogP contribution in [0.4, 0.5) is 21.7 Å². The molecule has 2 rings (SSSR count). The molecule has 0 aliphatic rings. The number of halogens is 1. The van der Waals surface area contributed by atoms with Crippen LogP contribution in [0.3, 0.4) is 0 Å². The zero-order valence-corrected chi connectivity index (χ0v) is 12.8. The number of carbonyl (C=O) groups excluding carboxylic acids is 2. The minimum absolute atomic E-state index is 0.000719. The van der Waals surface area contributed by atoms with Crippen LogP contribution in [0.15, 0.2) is 24.7 Å². The fourth-order valence-corrected chi connectivity index (χ4v) is 1.90. The van der Waals surface area contributed by atoms with Gasteiger partial charge in [-0.1, -0.05) is 6.92 Å². The lowest BCUT2D eigenvalue weighted by Gasteiger charge is -2.15. The zero-order valence-electron chi connectivity index (χ0n) is 12.8. The molecule has 1 atom stereocenters. The number of carbonyl (C=O) groups is 2. The van der Waals surface area contributed by atoms with Gasteiger partial charge in [0.1, 0.15) is 17.7 Å². The third kappa shape index (κ3) is 4.12. The monoisotopic (exact) mass is 333 g/mol. The Kier molecular flexibility index (Phi) is 5.20. The molecule has 1 unspecified atom stereocenters. The quantitative estimate of drug-likeness (QED) is 0.577. The van der Waals surface area contributed by atoms with Crippen molar-refractivity contribution in [2.75, 3.05) is 10.6 Å². The molecule has 126 valence electrons. The minimum Gasteiger partial charge on any atom is -0.368 e. The molecule has 10 heteroatoms. The summed E-state index contributed by atoms with van der Waals surface area (Å²) in [5.41, 5.74) is 10.6. The van der Waals surface area contributed by atoms with E-state index in [1.165, 1.54) is 12.4 Å². The topological polar surface area (TPSA) is 149 Å². The average Bonchev–Trinajstić information content (AvgIpc) is 2.52. The highest BCUT2D eigenvalue weighted by Crippen LogP contribution is 2.19. The van der Waals surface area contributed by atoms with E-state index in [4.69, 9.17) is 11.5 Å². The van der Waals surface area contributed by atoms with E-state index < -0.39 is 23.7 Å². The van der Waals surface area contributed by atoms with Crippen LogP contribution in [0.25, 0.3) is 0 Å². The van der Waals surface area contributed by atoms with E-state index in [0.717, 1.165) is 12.3 Å². The van der Waals surface area contributed by atoms with Crippen molar-refractivity contribution in [3.8, 4) is 0 Å². The fraction of sp³-hybridized carbons (Fsp3) is 0.214. The molecule has 0 aliphatic heterocycles. The Hall–Kier alpha value is -3.30. The summed E-state index contributed by atoms with van der Waals surface area (Å²) >= 11 is 0. The van der Waals surface area contributed by atoms with Crippen LogP contribution < -0.4 is 22.1 Å². The number of nitrogens with one attached hydrogen (secondary N) is 2. The van der Waals surface area contributed by atoms with Gasteiger partial charge in [-0.15, -0.1) is 0 Å². The van der Waals surface area contributed by atoms with Crippen molar-refractivity contribution < 1.29 is 14.0 Å². The summed E-state index contributed by atoms with van der Waals surface area (Å²) in [6.45, 7) is 1.77. The summed E-state index contributed by atoms with van der Waals surface area (Å²) < 4.78 is 13.2. The SMILES string of the molecule is CCC(Nc1cnc(C(N)=O)c(Nc2cncc(F)c2)n1)C(N)=O. The highest BCUT2D eigenvalue weighted by Gasteiger charge is 2.17. The molecular formula is C14H16FN7O2. The maximum Gasteiger partial charge on any atom is 0.271 e. The van der Waals surface area contributed by atoms with E-state index in [1.54, 1.807) is 6.92 Å². The number of rotatable bonds is 7. The Morgan fingerprint density at radius 1 is 1.29 bits per heavy atom. The van der Waals surface area contributed by atoms with Crippen molar-refractivity contribution in [3.05, 3.63) is 36.2 Å². The maximum absolute atomic E-state index is 13.2. The molecule has 0 spiro atoms. The van der Waals surface area contributed by atoms with Gasteiger partial charge >= 0.3 is 0 Å². The highest BCUT2D eigenvalue weighted by atomic mass is 19.1. The van der Waals surface area contributed by atoms with Crippen molar-refractivity contribution in [2.24, 2.45) is 11.5 Å². The number of anilines is 3. The molecule has 9 nitrogen and oxygen atoms in total. The van der Waals surface area contributed by atoms with Crippen molar-refractivity contribution in [1.82, 2.24) is 15.0 Å². The standard InChI is InChI=1S/C14H16FN7O2/c1-2-9(12(16)23)21-10-6-19-11(13(17)24)14(22-10)20-8-3-7(15)4-18-5-8/h3-6,9H,2H2,1H3,(H2,16,23)(H2,17,24)(H2,20,21,22). The summed E-state index contributed by atoms with van der Waals surface area (Å²) in [6.07, 6.45) is 4.06. The van der Waals surface area contributed by atoms with Crippen LogP contribution in [0.2, 0.25) is 0 Å². The molecule has 0 saturated heterocycles. The Morgan fingerprint density at radius 3 is 2.62 bits per heavy atom. The summed E-state index contributed by atoms with van der Waals surface area (Å²) in [5, 5.41) is 5.52. The highest BCUT2D eigenvalue weighted by molar-refractivity contribution is 5.96. The van der Waals surface area contributed by atoms with E-state index in [1.807, 2.05) is 0 Å². The van der Waals surface area contributed by atoms with Gasteiger partial charge in [-0.25, -0.2) is 14.4 Å². The first kappa shape index (κ1) is 17.1. The normalized spacial score (nSPS) is 11.6. The molecule has 0 aliphatic carbocycles. The third-order valence-corrected chi connectivity index (χ3v) is 3.05. The minimum atomic E-state index is -0.817. The number of nitrogens with zero attached hydrogens (tertiary/aromatic N) is 3. The van der Waals surface area contributed by atoms with Crippen LogP contribution in [-0.2, 0) is 4.79 Å². The number of hydrogen-bond acceptors (Lipinski definition) is 7. The number of hydrogen-bond donors (Lipinski definition) is 4. The van der Waals surface area contributed by atoms with Gasteiger partial charge in [0.15, 0.2) is 11.5 Å². The van der Waals surface area contributed by atoms with Gasteiger partial charge in [-0.05, 0) is 6.42 Å². The second kappa shape index (κ2) is 7.31. The van der Waals surface area contributed by atoms with E-state index >= 15 is 0 Å². The second-order valence-corrected chi connectivity index (χ2v) is 4.84. The zero-order chi connectivity index (χ0) is 17.7. The molecular weight excluding hydrogens is 317 g/mol. The van der Waals surface area contributed by atoms with Crippen LogP contribution in [0, 0.1) is 5.82 Å². The predicted octanol–water partition coefficient (Wildman–Crippen LogP) is 0.529. The molecule has 2 heterocycles. The molecule has 2 aromatic heterocycles. The number of primary amides is 2. The van der Waals surface area contributed by atoms with Crippen LogP contribution in [0.1, 0.15) is 23.8 Å². The Balaban J connectivity index is 2.34. The number of aromatic nitrogens is 3. The number of pyridine rings is 1. The second-order valence-electron chi connectivity index (χ2n) is 4.84. The lowest BCUT2D eigenvalue weighted by atomic mass is 10.2. The molecule has 6 N–H and O–H groups in total. The van der Waals surface area contributed by atoms with E-state index in [0.29, 0.717) is 6.42 Å². The Labute approximate surface area is 136 Å². The Bertz CT molecular complexity index is 769. The smallest absolute Gasteiger partial charge is 0.271 e. The van der Waals surface area contributed by atoms with Crippen molar-refractivity contribution >= 4 is 29.1 Å². The average molecular weight is 333 g/mol. The third-order valence-electron chi connectivity index (χ3n) is 3.05. The van der Waals surface area contributed by atoms with Gasteiger partial charge in [-0.2, -0.15) is 0 Å². The molecule has 0 saturated carbocycles. The maximum atomic E-state index is 13.2. The molecule has 0 fully saturated rings. The molecule has 24 heavy (non-hydrogen) atoms. The van der Waals surface area contributed by atoms with Crippen LogP contribution >= 0.6 is 0 Å². The Morgan fingerprint density at radius 2 is 2.04 bits per heavy atom. The van der Waals surface area contributed by atoms with Crippen molar-refractivity contribution in [1.29, 1.82) is 0 Å². The molecule has 0 bridgehead atoms. The van der Waals surface area contributed by atoms with E-state index in [2.05, 4.69) is 25.6 Å². The van der Waals surface area contributed by atoms with Crippen molar-refractivity contribution in [2.45, 2.75) is 19.4 Å². The van der Waals surface area contributed by atoms with Crippen LogP contribution in [-0.4, -0.2) is 32.8 Å². The van der Waals surface area contributed by atoms with Gasteiger partial charge in [0.25, 0.3) is 5.91 Å². The molecule has 0 radical (unpaired) electrons. The lowest BCUT2D eigenvalue weighted by Crippen LogP contribution is -2.35. The summed E-state index contributed by atoms with van der Waals surface area (Å²) in [5.74, 6) is -1.73. The first-order chi connectivity index (χ1) is 11.4.